The van der Waals surface area contributed by atoms with Crippen LogP contribution in [0.25, 0.3) is 0 Å². The Kier molecular flexibility index (Phi) is 5.99. The molecule has 2 unspecified atom stereocenters. The average Bonchev–Trinajstić information content (AvgIpc) is 3.18. The molecule has 3 rings (SSSR count). The van der Waals surface area contributed by atoms with Crippen molar-refractivity contribution in [2.75, 3.05) is 13.1 Å². The van der Waals surface area contributed by atoms with Gasteiger partial charge in [-0.25, -0.2) is 0 Å². The third-order valence-corrected chi connectivity index (χ3v) is 6.20. The molecule has 3 fully saturated rings. The highest BCUT2D eigenvalue weighted by Gasteiger charge is 2.33. The van der Waals surface area contributed by atoms with Crippen LogP contribution in [0.3, 0.4) is 0 Å². The maximum atomic E-state index is 4.04. The highest BCUT2D eigenvalue weighted by molar-refractivity contribution is 4.90. The zero-order valence-corrected chi connectivity index (χ0v) is 14.2. The molecule has 0 aromatic heterocycles. The summed E-state index contributed by atoms with van der Waals surface area (Å²) in [5, 5.41) is 4.04. The third-order valence-electron chi connectivity index (χ3n) is 6.20. The van der Waals surface area contributed by atoms with Crippen LogP contribution in [0.1, 0.15) is 84.0 Å². The Bertz CT molecular complexity index is 292. The summed E-state index contributed by atoms with van der Waals surface area (Å²) < 4.78 is 0. The van der Waals surface area contributed by atoms with Crippen LogP contribution in [-0.4, -0.2) is 36.1 Å². The van der Waals surface area contributed by atoms with Gasteiger partial charge < -0.3 is 5.32 Å². The van der Waals surface area contributed by atoms with Crippen LogP contribution in [0.5, 0.6) is 0 Å². The lowest BCUT2D eigenvalue weighted by atomic mass is 9.88. The molecule has 0 aromatic rings. The van der Waals surface area contributed by atoms with Gasteiger partial charge in [-0.2, -0.15) is 0 Å². The van der Waals surface area contributed by atoms with Gasteiger partial charge in [0.05, 0.1) is 0 Å². The predicted molar refractivity (Wildman–Crippen MR) is 90.6 cm³/mol. The summed E-state index contributed by atoms with van der Waals surface area (Å²) in [7, 11) is 0. The van der Waals surface area contributed by atoms with Gasteiger partial charge in [-0.1, -0.05) is 45.4 Å². The molecule has 0 aromatic carbocycles. The molecule has 2 heteroatoms. The average molecular weight is 293 g/mol. The molecule has 1 heterocycles. The van der Waals surface area contributed by atoms with Crippen molar-refractivity contribution in [3.63, 3.8) is 0 Å². The van der Waals surface area contributed by atoms with Gasteiger partial charge in [-0.05, 0) is 44.4 Å². The van der Waals surface area contributed by atoms with E-state index < -0.39 is 0 Å². The van der Waals surface area contributed by atoms with E-state index in [2.05, 4.69) is 17.1 Å². The summed E-state index contributed by atoms with van der Waals surface area (Å²) >= 11 is 0. The van der Waals surface area contributed by atoms with Crippen LogP contribution in [-0.2, 0) is 0 Å². The quantitative estimate of drug-likeness (QED) is 0.783. The summed E-state index contributed by atoms with van der Waals surface area (Å²) in [6.45, 7) is 5.07. The third kappa shape index (κ3) is 4.45. The molecule has 2 saturated carbocycles. The van der Waals surface area contributed by atoms with Crippen molar-refractivity contribution in [3.8, 4) is 0 Å². The Hall–Kier alpha value is -0.0800. The fourth-order valence-electron chi connectivity index (χ4n) is 5.06. The maximum Gasteiger partial charge on any atom is 0.0200 e. The summed E-state index contributed by atoms with van der Waals surface area (Å²) in [6.07, 6.45) is 17.4. The van der Waals surface area contributed by atoms with Crippen LogP contribution in [0.4, 0.5) is 0 Å². The van der Waals surface area contributed by atoms with E-state index in [4.69, 9.17) is 0 Å². The van der Waals surface area contributed by atoms with Crippen LogP contribution in [0, 0.1) is 5.92 Å². The van der Waals surface area contributed by atoms with Crippen molar-refractivity contribution in [3.05, 3.63) is 0 Å². The Labute approximate surface area is 132 Å². The molecule has 0 radical (unpaired) electrons. The van der Waals surface area contributed by atoms with Gasteiger partial charge in [0.1, 0.15) is 0 Å². The molecule has 2 atom stereocenters. The highest BCUT2D eigenvalue weighted by atomic mass is 15.2. The van der Waals surface area contributed by atoms with Gasteiger partial charge in [-0.15, -0.1) is 0 Å². The zero-order chi connectivity index (χ0) is 14.5. The molecule has 0 spiro atoms. The smallest absolute Gasteiger partial charge is 0.0200 e. The van der Waals surface area contributed by atoms with E-state index >= 15 is 0 Å². The first-order valence-electron chi connectivity index (χ1n) is 9.85. The number of likely N-dealkylation sites (tertiary alicyclic amines) is 1. The topological polar surface area (TPSA) is 15.3 Å². The van der Waals surface area contributed by atoms with Gasteiger partial charge in [0, 0.05) is 31.2 Å². The highest BCUT2D eigenvalue weighted by Crippen LogP contribution is 2.30. The van der Waals surface area contributed by atoms with Crippen molar-refractivity contribution in [1.82, 2.24) is 10.2 Å². The van der Waals surface area contributed by atoms with Crippen LogP contribution in [0.15, 0.2) is 0 Å². The number of piperidine rings is 1. The summed E-state index contributed by atoms with van der Waals surface area (Å²) in [6, 6.07) is 2.54. The lowest BCUT2D eigenvalue weighted by Crippen LogP contribution is -2.53. The van der Waals surface area contributed by atoms with Gasteiger partial charge in [0.15, 0.2) is 0 Å². The van der Waals surface area contributed by atoms with E-state index in [0.717, 1.165) is 24.0 Å². The summed E-state index contributed by atoms with van der Waals surface area (Å²) in [4.78, 5) is 2.88. The van der Waals surface area contributed by atoms with E-state index in [9.17, 15) is 0 Å². The first-order valence-corrected chi connectivity index (χ1v) is 9.85. The molecule has 1 aliphatic heterocycles. The largest absolute Gasteiger partial charge is 0.310 e. The molecule has 21 heavy (non-hydrogen) atoms. The molecular weight excluding hydrogens is 256 g/mol. The lowest BCUT2D eigenvalue weighted by molar-refractivity contribution is 0.0903. The Morgan fingerprint density at radius 1 is 0.905 bits per heavy atom. The number of hydrogen-bond donors (Lipinski definition) is 1. The van der Waals surface area contributed by atoms with Crippen molar-refractivity contribution in [2.24, 2.45) is 5.92 Å². The minimum Gasteiger partial charge on any atom is -0.310 e. The second-order valence-electron chi connectivity index (χ2n) is 7.98. The molecular formula is C19H36N2. The lowest BCUT2D eigenvalue weighted by Gasteiger charge is -2.42. The van der Waals surface area contributed by atoms with E-state index in [-0.39, 0.29) is 0 Å². The summed E-state index contributed by atoms with van der Waals surface area (Å²) in [5.41, 5.74) is 0. The number of nitrogens with zero attached hydrogens (tertiary/aromatic N) is 1. The number of hydrogen-bond acceptors (Lipinski definition) is 2. The van der Waals surface area contributed by atoms with E-state index in [1.54, 1.807) is 0 Å². The maximum absolute atomic E-state index is 4.04. The van der Waals surface area contributed by atoms with E-state index in [1.165, 1.54) is 90.1 Å². The van der Waals surface area contributed by atoms with Gasteiger partial charge >= 0.3 is 0 Å². The van der Waals surface area contributed by atoms with Gasteiger partial charge in [-0.3, -0.25) is 4.90 Å². The van der Waals surface area contributed by atoms with Crippen LogP contribution >= 0.6 is 0 Å². The normalized spacial score (nSPS) is 33.0. The van der Waals surface area contributed by atoms with Crippen molar-refractivity contribution < 1.29 is 0 Å². The fourth-order valence-corrected chi connectivity index (χ4v) is 5.06. The number of nitrogens with one attached hydrogen (secondary N) is 1. The van der Waals surface area contributed by atoms with Crippen LogP contribution < -0.4 is 5.32 Å². The summed E-state index contributed by atoms with van der Waals surface area (Å²) in [5.74, 6) is 0.957. The standard InChI is InChI=1S/C19H36N2/c1-2-3-8-16-13-18(20-17-9-4-5-10-17)15-21(14-16)19-11-6-7-12-19/h16-20H,2-15H2,1H3. The van der Waals surface area contributed by atoms with E-state index in [0.29, 0.717) is 0 Å². The second-order valence-corrected chi connectivity index (χ2v) is 7.98. The first kappa shape index (κ1) is 15.8. The Morgan fingerprint density at radius 2 is 1.62 bits per heavy atom. The molecule has 0 bridgehead atoms. The van der Waals surface area contributed by atoms with Gasteiger partial charge in [0.25, 0.3) is 0 Å². The van der Waals surface area contributed by atoms with Crippen molar-refractivity contribution in [1.29, 1.82) is 0 Å². The zero-order valence-electron chi connectivity index (χ0n) is 14.2. The van der Waals surface area contributed by atoms with Gasteiger partial charge in [0.2, 0.25) is 0 Å². The molecule has 2 nitrogen and oxygen atoms in total. The minimum absolute atomic E-state index is 0.782. The predicted octanol–water partition coefficient (Wildman–Crippen LogP) is 4.34. The molecule has 1 saturated heterocycles. The molecule has 3 aliphatic rings. The number of unbranched alkanes of at least 4 members (excludes halogenated alkanes) is 1. The second kappa shape index (κ2) is 7.97. The minimum atomic E-state index is 0.782. The SMILES string of the molecule is CCCCC1CC(NC2CCCC2)CN(C2CCCC2)C1. The number of rotatable bonds is 6. The van der Waals surface area contributed by atoms with Crippen LogP contribution in [0.2, 0.25) is 0 Å². The molecule has 2 aliphatic carbocycles. The van der Waals surface area contributed by atoms with E-state index in [1.807, 2.05) is 0 Å². The Balaban J connectivity index is 1.55. The molecule has 0 amide bonds. The molecule has 1 N–H and O–H groups in total. The Morgan fingerprint density at radius 3 is 2.33 bits per heavy atom. The monoisotopic (exact) mass is 292 g/mol. The van der Waals surface area contributed by atoms with Crippen molar-refractivity contribution in [2.45, 2.75) is 102 Å². The molecule has 122 valence electrons. The first-order chi connectivity index (χ1) is 10.3. The van der Waals surface area contributed by atoms with Crippen molar-refractivity contribution >= 4 is 0 Å². The fraction of sp³-hybridized carbons (Fsp3) is 1.00.